The van der Waals surface area contributed by atoms with Crippen molar-refractivity contribution in [2.24, 2.45) is 0 Å². The Bertz CT molecular complexity index is 745. The Balaban J connectivity index is 2.28. The van der Waals surface area contributed by atoms with Gasteiger partial charge in [0.2, 0.25) is 15.6 Å². The first kappa shape index (κ1) is 14.5. The summed E-state index contributed by atoms with van der Waals surface area (Å²) >= 11 is 0. The predicted molar refractivity (Wildman–Crippen MR) is 76.9 cm³/mol. The highest BCUT2D eigenvalue weighted by Gasteiger charge is 2.21. The monoisotopic (exact) mass is 292 g/mol. The normalized spacial score (nSPS) is 11.8. The van der Waals surface area contributed by atoms with Crippen molar-refractivity contribution < 1.29 is 8.42 Å². The molecule has 0 aliphatic rings. The summed E-state index contributed by atoms with van der Waals surface area (Å²) < 4.78 is 26.0. The first-order valence-corrected chi connectivity index (χ1v) is 7.55. The number of aromatic amines is 1. The second-order valence-corrected chi connectivity index (χ2v) is 6.62. The molecule has 0 atom stereocenters. The van der Waals surface area contributed by atoms with E-state index in [9.17, 15) is 13.2 Å². The van der Waals surface area contributed by atoms with Crippen molar-refractivity contribution >= 4 is 10.0 Å². The molecular formula is C14H16N2O3S. The lowest BCUT2D eigenvalue weighted by atomic mass is 10.1. The fourth-order valence-electron chi connectivity index (χ4n) is 1.85. The number of sulfonamides is 1. The molecule has 0 amide bonds. The minimum atomic E-state index is -3.61. The van der Waals surface area contributed by atoms with E-state index in [1.807, 2.05) is 31.2 Å². The van der Waals surface area contributed by atoms with E-state index >= 15 is 0 Å². The lowest BCUT2D eigenvalue weighted by molar-refractivity contribution is 0.465. The Hall–Kier alpha value is -1.92. The van der Waals surface area contributed by atoms with Crippen LogP contribution in [0.5, 0.6) is 0 Å². The van der Waals surface area contributed by atoms with Crippen LogP contribution in [0, 0.1) is 6.92 Å². The predicted octanol–water partition coefficient (Wildman–Crippen LogP) is 1.50. The van der Waals surface area contributed by atoms with Gasteiger partial charge in [0.25, 0.3) is 0 Å². The summed E-state index contributed by atoms with van der Waals surface area (Å²) in [5, 5.41) is 0. The van der Waals surface area contributed by atoms with Gasteiger partial charge in [-0.25, -0.2) is 8.42 Å². The van der Waals surface area contributed by atoms with E-state index in [0.717, 1.165) is 11.1 Å². The molecule has 6 heteroatoms. The average molecular weight is 292 g/mol. The van der Waals surface area contributed by atoms with E-state index < -0.39 is 10.0 Å². The smallest absolute Gasteiger partial charge is 0.247 e. The zero-order chi connectivity index (χ0) is 14.8. The third kappa shape index (κ3) is 2.97. The maximum absolute atomic E-state index is 12.4. The summed E-state index contributed by atoms with van der Waals surface area (Å²) in [5.74, 6) is 0. The van der Waals surface area contributed by atoms with E-state index in [2.05, 4.69) is 4.98 Å². The van der Waals surface area contributed by atoms with Crippen LogP contribution in [-0.4, -0.2) is 24.8 Å². The first-order chi connectivity index (χ1) is 9.41. The molecule has 0 unspecified atom stereocenters. The number of nitrogens with one attached hydrogen (secondary N) is 1. The fourth-order valence-corrected chi connectivity index (χ4v) is 2.97. The Morgan fingerprint density at radius 3 is 2.45 bits per heavy atom. The van der Waals surface area contributed by atoms with Crippen molar-refractivity contribution in [3.8, 4) is 0 Å². The Kier molecular flexibility index (Phi) is 4.06. The number of pyridine rings is 1. The maximum Gasteiger partial charge on any atom is 0.247 e. The first-order valence-electron chi connectivity index (χ1n) is 6.11. The van der Waals surface area contributed by atoms with Gasteiger partial charge in [-0.3, -0.25) is 4.79 Å². The Labute approximate surface area is 117 Å². The Morgan fingerprint density at radius 1 is 1.15 bits per heavy atom. The highest BCUT2D eigenvalue weighted by molar-refractivity contribution is 7.89. The van der Waals surface area contributed by atoms with E-state index in [-0.39, 0.29) is 17.0 Å². The van der Waals surface area contributed by atoms with Gasteiger partial charge in [0.1, 0.15) is 0 Å². The zero-order valence-corrected chi connectivity index (χ0v) is 12.1. The molecule has 2 aromatic rings. The van der Waals surface area contributed by atoms with Gasteiger partial charge in [-0.2, -0.15) is 4.31 Å². The summed E-state index contributed by atoms with van der Waals surface area (Å²) in [7, 11) is -2.09. The van der Waals surface area contributed by atoms with Crippen LogP contribution in [-0.2, 0) is 16.6 Å². The van der Waals surface area contributed by atoms with Crippen LogP contribution in [0.1, 0.15) is 11.1 Å². The standard InChI is InChI=1S/C14H16N2O3S/c1-11-5-3-4-6-12(11)10-16(2)20(18,19)13-7-8-14(17)15-9-13/h3-9H,10H2,1-2H3,(H,15,17). The van der Waals surface area contributed by atoms with Gasteiger partial charge in [-0.1, -0.05) is 24.3 Å². The molecule has 0 radical (unpaired) electrons. The Morgan fingerprint density at radius 2 is 1.85 bits per heavy atom. The van der Waals surface area contributed by atoms with Gasteiger partial charge in [0, 0.05) is 25.9 Å². The molecule has 0 aliphatic carbocycles. The van der Waals surface area contributed by atoms with Crippen molar-refractivity contribution in [1.29, 1.82) is 0 Å². The average Bonchev–Trinajstić information content (AvgIpc) is 2.41. The summed E-state index contributed by atoms with van der Waals surface area (Å²) in [4.78, 5) is 13.4. The van der Waals surface area contributed by atoms with Gasteiger partial charge in [-0.15, -0.1) is 0 Å². The fraction of sp³-hybridized carbons (Fsp3) is 0.214. The third-order valence-corrected chi connectivity index (χ3v) is 4.92. The number of hydrogen-bond acceptors (Lipinski definition) is 3. The van der Waals surface area contributed by atoms with Crippen LogP contribution in [0.15, 0.2) is 52.3 Å². The zero-order valence-electron chi connectivity index (χ0n) is 11.3. The largest absolute Gasteiger partial charge is 0.328 e. The number of nitrogens with zero attached hydrogens (tertiary/aromatic N) is 1. The maximum atomic E-state index is 12.4. The van der Waals surface area contributed by atoms with Crippen molar-refractivity contribution in [1.82, 2.24) is 9.29 Å². The lowest BCUT2D eigenvalue weighted by Gasteiger charge is -2.18. The molecule has 0 saturated heterocycles. The van der Waals surface area contributed by atoms with Crippen LogP contribution in [0.2, 0.25) is 0 Å². The number of hydrogen-bond donors (Lipinski definition) is 1. The van der Waals surface area contributed by atoms with Crippen molar-refractivity contribution in [3.63, 3.8) is 0 Å². The summed E-state index contributed by atoms with van der Waals surface area (Å²) in [6.07, 6.45) is 1.21. The quantitative estimate of drug-likeness (QED) is 0.928. The minimum absolute atomic E-state index is 0.0770. The molecule has 2 rings (SSSR count). The van der Waals surface area contributed by atoms with Crippen molar-refractivity contribution in [3.05, 3.63) is 64.1 Å². The van der Waals surface area contributed by atoms with Crippen LogP contribution in [0.25, 0.3) is 0 Å². The molecule has 0 bridgehead atoms. The molecule has 1 N–H and O–H groups in total. The number of aromatic nitrogens is 1. The molecule has 5 nitrogen and oxygen atoms in total. The van der Waals surface area contributed by atoms with Gasteiger partial charge in [-0.05, 0) is 24.1 Å². The third-order valence-electron chi connectivity index (χ3n) is 3.12. The molecule has 1 aromatic carbocycles. The number of rotatable bonds is 4. The van der Waals surface area contributed by atoms with Crippen LogP contribution < -0.4 is 5.56 Å². The van der Waals surface area contributed by atoms with Gasteiger partial charge in [0.15, 0.2) is 0 Å². The molecule has 1 heterocycles. The number of benzene rings is 1. The highest BCUT2D eigenvalue weighted by atomic mass is 32.2. The van der Waals surface area contributed by atoms with E-state index in [4.69, 9.17) is 0 Å². The van der Waals surface area contributed by atoms with E-state index in [0.29, 0.717) is 0 Å². The van der Waals surface area contributed by atoms with E-state index in [1.54, 1.807) is 0 Å². The van der Waals surface area contributed by atoms with Crippen LogP contribution in [0.3, 0.4) is 0 Å². The van der Waals surface area contributed by atoms with Gasteiger partial charge >= 0.3 is 0 Å². The van der Waals surface area contributed by atoms with Crippen molar-refractivity contribution in [2.45, 2.75) is 18.4 Å². The van der Waals surface area contributed by atoms with E-state index in [1.165, 1.54) is 29.7 Å². The molecule has 0 fully saturated rings. The molecule has 0 saturated carbocycles. The molecule has 106 valence electrons. The summed E-state index contributed by atoms with van der Waals surface area (Å²) in [6, 6.07) is 10.1. The van der Waals surface area contributed by atoms with Crippen molar-refractivity contribution in [2.75, 3.05) is 7.05 Å². The molecule has 0 spiro atoms. The number of aryl methyl sites for hydroxylation is 1. The lowest BCUT2D eigenvalue weighted by Crippen LogP contribution is -2.27. The van der Waals surface area contributed by atoms with Crippen LogP contribution in [0.4, 0.5) is 0 Å². The van der Waals surface area contributed by atoms with Crippen LogP contribution >= 0.6 is 0 Å². The topological polar surface area (TPSA) is 70.2 Å². The molecule has 0 aliphatic heterocycles. The SMILES string of the molecule is Cc1ccccc1CN(C)S(=O)(=O)c1ccc(=O)[nH]c1. The molecular weight excluding hydrogens is 276 g/mol. The minimum Gasteiger partial charge on any atom is -0.328 e. The van der Waals surface area contributed by atoms with Gasteiger partial charge in [0.05, 0.1) is 4.90 Å². The second-order valence-electron chi connectivity index (χ2n) is 4.58. The second kappa shape index (κ2) is 5.60. The molecule has 1 aromatic heterocycles. The summed E-state index contributed by atoms with van der Waals surface area (Å²) in [5.41, 5.74) is 1.66. The summed E-state index contributed by atoms with van der Waals surface area (Å²) in [6.45, 7) is 2.23. The highest BCUT2D eigenvalue weighted by Crippen LogP contribution is 2.16. The molecule has 20 heavy (non-hydrogen) atoms. The van der Waals surface area contributed by atoms with Gasteiger partial charge < -0.3 is 4.98 Å². The number of H-pyrrole nitrogens is 1.